The monoisotopic (exact) mass is 370 g/mol. The number of hydrogen-bond donors (Lipinski definition) is 2. The number of thiazole rings is 1. The number of carbonyl (C=O) groups excluding carboxylic acids is 1. The molecule has 0 fully saturated rings. The SMILES string of the molecule is CCNC(=NCC(C)(C)OC)NC(C)c1nc(C)c(C(=O)OCC)s1. The molecule has 0 aliphatic carbocycles. The van der Waals surface area contributed by atoms with Crippen molar-refractivity contribution in [2.75, 3.05) is 26.8 Å². The highest BCUT2D eigenvalue weighted by Gasteiger charge is 2.21. The second-order valence-corrected chi connectivity index (χ2v) is 7.24. The molecule has 0 aliphatic rings. The number of aromatic nitrogens is 1. The first-order chi connectivity index (χ1) is 11.7. The molecule has 7 nitrogen and oxygen atoms in total. The van der Waals surface area contributed by atoms with E-state index in [9.17, 15) is 4.79 Å². The first-order valence-electron chi connectivity index (χ1n) is 8.48. The number of ether oxygens (including phenoxy) is 2. The van der Waals surface area contributed by atoms with Gasteiger partial charge in [-0.05, 0) is 41.5 Å². The van der Waals surface area contributed by atoms with Gasteiger partial charge in [-0.1, -0.05) is 0 Å². The van der Waals surface area contributed by atoms with Crippen molar-refractivity contribution in [2.24, 2.45) is 4.99 Å². The predicted molar refractivity (Wildman–Crippen MR) is 101 cm³/mol. The highest BCUT2D eigenvalue weighted by Crippen LogP contribution is 2.24. The van der Waals surface area contributed by atoms with E-state index in [1.54, 1.807) is 14.0 Å². The van der Waals surface area contributed by atoms with Gasteiger partial charge in [-0.15, -0.1) is 11.3 Å². The summed E-state index contributed by atoms with van der Waals surface area (Å²) in [6, 6.07) is -0.0877. The topological polar surface area (TPSA) is 84.8 Å². The van der Waals surface area contributed by atoms with Crippen LogP contribution < -0.4 is 10.6 Å². The van der Waals surface area contributed by atoms with Crippen molar-refractivity contribution in [3.8, 4) is 0 Å². The largest absolute Gasteiger partial charge is 0.462 e. The summed E-state index contributed by atoms with van der Waals surface area (Å²) >= 11 is 1.35. The molecule has 0 amide bonds. The Labute approximate surface area is 154 Å². The average Bonchev–Trinajstić information content (AvgIpc) is 2.95. The number of carbonyl (C=O) groups is 1. The molecule has 0 spiro atoms. The maximum atomic E-state index is 11.9. The molecule has 0 aliphatic heterocycles. The Kier molecular flexibility index (Phi) is 8.31. The van der Waals surface area contributed by atoms with Crippen LogP contribution in [0.15, 0.2) is 4.99 Å². The normalized spacial score (nSPS) is 13.5. The molecular weight excluding hydrogens is 340 g/mol. The Morgan fingerprint density at radius 1 is 1.40 bits per heavy atom. The molecule has 1 aromatic heterocycles. The zero-order valence-corrected chi connectivity index (χ0v) is 17.0. The molecular formula is C17H30N4O3S. The van der Waals surface area contributed by atoms with Crippen LogP contribution in [0, 0.1) is 6.92 Å². The Balaban J connectivity index is 2.87. The average molecular weight is 371 g/mol. The van der Waals surface area contributed by atoms with Gasteiger partial charge in [0, 0.05) is 13.7 Å². The quantitative estimate of drug-likeness (QED) is 0.416. The second kappa shape index (κ2) is 9.72. The van der Waals surface area contributed by atoms with E-state index in [1.165, 1.54) is 11.3 Å². The van der Waals surface area contributed by atoms with Gasteiger partial charge in [0.15, 0.2) is 5.96 Å². The molecule has 1 aromatic rings. The summed E-state index contributed by atoms with van der Waals surface area (Å²) in [4.78, 5) is 21.6. The summed E-state index contributed by atoms with van der Waals surface area (Å²) in [5, 5.41) is 7.35. The van der Waals surface area contributed by atoms with E-state index < -0.39 is 0 Å². The lowest BCUT2D eigenvalue weighted by atomic mass is 10.1. The number of rotatable bonds is 8. The molecule has 1 atom stereocenters. The second-order valence-electron chi connectivity index (χ2n) is 6.21. The van der Waals surface area contributed by atoms with E-state index in [4.69, 9.17) is 9.47 Å². The van der Waals surface area contributed by atoms with Crippen molar-refractivity contribution in [3.05, 3.63) is 15.6 Å². The third-order valence-electron chi connectivity index (χ3n) is 3.51. The molecule has 0 aromatic carbocycles. The molecule has 0 saturated carbocycles. The highest BCUT2D eigenvalue weighted by atomic mass is 32.1. The van der Waals surface area contributed by atoms with Gasteiger partial charge in [-0.3, -0.25) is 4.99 Å². The van der Waals surface area contributed by atoms with Crippen molar-refractivity contribution in [1.82, 2.24) is 15.6 Å². The lowest BCUT2D eigenvalue weighted by Gasteiger charge is -2.22. The van der Waals surface area contributed by atoms with Crippen molar-refractivity contribution >= 4 is 23.3 Å². The van der Waals surface area contributed by atoms with E-state index in [-0.39, 0.29) is 17.6 Å². The molecule has 1 rings (SSSR count). The number of nitrogens with one attached hydrogen (secondary N) is 2. The van der Waals surface area contributed by atoms with Crippen LogP contribution in [-0.4, -0.2) is 49.3 Å². The molecule has 0 saturated heterocycles. The third kappa shape index (κ3) is 6.62. The van der Waals surface area contributed by atoms with Crippen LogP contribution in [0.1, 0.15) is 61.0 Å². The van der Waals surface area contributed by atoms with Gasteiger partial charge in [-0.25, -0.2) is 9.78 Å². The number of esters is 1. The van der Waals surface area contributed by atoms with Gasteiger partial charge < -0.3 is 20.1 Å². The summed E-state index contributed by atoms with van der Waals surface area (Å²) < 4.78 is 10.5. The minimum atomic E-state index is -0.333. The van der Waals surface area contributed by atoms with Crippen molar-refractivity contribution < 1.29 is 14.3 Å². The lowest BCUT2D eigenvalue weighted by Crippen LogP contribution is -2.40. The molecule has 142 valence electrons. The van der Waals surface area contributed by atoms with Gasteiger partial charge >= 0.3 is 5.97 Å². The number of hydrogen-bond acceptors (Lipinski definition) is 6. The van der Waals surface area contributed by atoms with Crippen LogP contribution in [0.3, 0.4) is 0 Å². The van der Waals surface area contributed by atoms with Crippen molar-refractivity contribution in [3.63, 3.8) is 0 Å². The first-order valence-corrected chi connectivity index (χ1v) is 9.30. The van der Waals surface area contributed by atoms with E-state index in [1.807, 2.05) is 34.6 Å². The molecule has 1 heterocycles. The van der Waals surface area contributed by atoms with E-state index in [2.05, 4.69) is 20.6 Å². The predicted octanol–water partition coefficient (Wildman–Crippen LogP) is 2.67. The van der Waals surface area contributed by atoms with E-state index in [0.717, 1.165) is 11.6 Å². The minimum absolute atomic E-state index is 0.0877. The summed E-state index contributed by atoms with van der Waals surface area (Å²) in [6.45, 7) is 13.2. The van der Waals surface area contributed by atoms with Crippen LogP contribution in [-0.2, 0) is 9.47 Å². The maximum absolute atomic E-state index is 11.9. The first kappa shape index (κ1) is 21.4. The van der Waals surface area contributed by atoms with Gasteiger partial charge in [-0.2, -0.15) is 0 Å². The minimum Gasteiger partial charge on any atom is -0.462 e. The standard InChI is InChI=1S/C17H30N4O3S/c1-8-18-16(19-10-17(5,6)23-7)21-12(4)14-20-11(3)13(25-14)15(22)24-9-2/h12H,8-10H2,1-7H3,(H2,18,19,21). The summed E-state index contributed by atoms with van der Waals surface area (Å²) in [7, 11) is 1.67. The summed E-state index contributed by atoms with van der Waals surface area (Å²) in [5.41, 5.74) is 0.357. The van der Waals surface area contributed by atoms with Crippen LogP contribution in [0.4, 0.5) is 0 Å². The summed E-state index contributed by atoms with van der Waals surface area (Å²) in [6.07, 6.45) is 0. The fourth-order valence-corrected chi connectivity index (χ4v) is 2.87. The molecule has 0 bridgehead atoms. The van der Waals surface area contributed by atoms with Gasteiger partial charge in [0.1, 0.15) is 9.88 Å². The Hall–Kier alpha value is -1.67. The molecule has 0 radical (unpaired) electrons. The number of methoxy groups -OCH3 is 1. The maximum Gasteiger partial charge on any atom is 0.350 e. The third-order valence-corrected chi connectivity index (χ3v) is 4.83. The lowest BCUT2D eigenvalue weighted by molar-refractivity contribution is 0.0310. The molecule has 8 heteroatoms. The van der Waals surface area contributed by atoms with Gasteiger partial charge in [0.2, 0.25) is 0 Å². The summed E-state index contributed by atoms with van der Waals surface area (Å²) in [5.74, 6) is 0.365. The van der Waals surface area contributed by atoms with Gasteiger partial charge in [0.25, 0.3) is 0 Å². The molecule has 1 unspecified atom stereocenters. The van der Waals surface area contributed by atoms with Crippen LogP contribution in [0.5, 0.6) is 0 Å². The van der Waals surface area contributed by atoms with Crippen LogP contribution in [0.2, 0.25) is 0 Å². The number of nitrogens with zero attached hydrogens (tertiary/aromatic N) is 2. The number of guanidine groups is 1. The zero-order valence-electron chi connectivity index (χ0n) is 16.2. The molecule has 2 N–H and O–H groups in total. The fourth-order valence-electron chi connectivity index (χ4n) is 1.91. The van der Waals surface area contributed by atoms with Crippen LogP contribution in [0.25, 0.3) is 0 Å². The van der Waals surface area contributed by atoms with Crippen molar-refractivity contribution in [2.45, 2.75) is 53.2 Å². The van der Waals surface area contributed by atoms with E-state index >= 15 is 0 Å². The number of aryl methyl sites for hydroxylation is 1. The Bertz CT molecular complexity index is 599. The van der Waals surface area contributed by atoms with E-state index in [0.29, 0.717) is 29.7 Å². The fraction of sp³-hybridized carbons (Fsp3) is 0.706. The Morgan fingerprint density at radius 3 is 2.64 bits per heavy atom. The van der Waals surface area contributed by atoms with Crippen molar-refractivity contribution in [1.29, 1.82) is 0 Å². The Morgan fingerprint density at radius 2 is 2.08 bits per heavy atom. The highest BCUT2D eigenvalue weighted by molar-refractivity contribution is 7.13. The van der Waals surface area contributed by atoms with Crippen LogP contribution >= 0.6 is 11.3 Å². The number of aliphatic imine (C=N–C) groups is 1. The zero-order chi connectivity index (χ0) is 19.0. The molecule has 25 heavy (non-hydrogen) atoms. The smallest absolute Gasteiger partial charge is 0.350 e. The van der Waals surface area contributed by atoms with Gasteiger partial charge in [0.05, 0.1) is 30.5 Å².